The number of benzene rings is 2. The molecule has 0 aliphatic carbocycles. The van der Waals surface area contributed by atoms with Gasteiger partial charge in [-0.05, 0) is 66.4 Å². The van der Waals surface area contributed by atoms with E-state index in [1.165, 1.54) is 11.1 Å². The highest BCUT2D eigenvalue weighted by molar-refractivity contribution is 6.03. The summed E-state index contributed by atoms with van der Waals surface area (Å²) in [5.74, 6) is 0. The summed E-state index contributed by atoms with van der Waals surface area (Å²) in [6, 6.07) is 18.0. The third-order valence-electron chi connectivity index (χ3n) is 4.54. The van der Waals surface area contributed by atoms with Crippen LogP contribution in [0.2, 0.25) is 0 Å². The first-order valence-electron chi connectivity index (χ1n) is 8.39. The zero-order valence-corrected chi connectivity index (χ0v) is 14.1. The maximum absolute atomic E-state index is 12.6. The van der Waals surface area contributed by atoms with E-state index in [1.54, 1.807) is 12.4 Å². The van der Waals surface area contributed by atoms with Crippen LogP contribution in [-0.4, -0.2) is 17.6 Å². The fraction of sp³-hybridized carbons (Fsp3) is 0.143. The van der Waals surface area contributed by atoms with Gasteiger partial charge in [-0.2, -0.15) is 0 Å². The van der Waals surface area contributed by atoms with Gasteiger partial charge < -0.3 is 5.32 Å². The molecule has 1 aliphatic rings. The molecule has 4 nitrogen and oxygen atoms in total. The molecule has 0 bridgehead atoms. The first-order valence-corrected chi connectivity index (χ1v) is 8.39. The van der Waals surface area contributed by atoms with Crippen molar-refractivity contribution in [2.24, 2.45) is 0 Å². The Morgan fingerprint density at radius 2 is 1.76 bits per heavy atom. The number of anilines is 2. The number of nitrogens with one attached hydrogen (secondary N) is 1. The largest absolute Gasteiger partial charge is 0.326 e. The smallest absolute Gasteiger partial charge is 0.308 e. The Labute approximate surface area is 147 Å². The summed E-state index contributed by atoms with van der Waals surface area (Å²) < 4.78 is 0. The second kappa shape index (κ2) is 6.40. The molecule has 0 atom stereocenters. The molecule has 0 unspecified atom stereocenters. The molecule has 0 spiro atoms. The lowest BCUT2D eigenvalue weighted by Crippen LogP contribution is -2.33. The number of rotatable bonds is 2. The zero-order valence-electron chi connectivity index (χ0n) is 14.1. The molecule has 1 aliphatic heterocycles. The maximum atomic E-state index is 12.6. The third-order valence-corrected chi connectivity index (χ3v) is 4.54. The second-order valence-electron chi connectivity index (χ2n) is 6.28. The van der Waals surface area contributed by atoms with Crippen LogP contribution in [0.3, 0.4) is 0 Å². The van der Waals surface area contributed by atoms with Gasteiger partial charge in [0.1, 0.15) is 0 Å². The lowest BCUT2D eigenvalue weighted by molar-refractivity contribution is 0.257. The van der Waals surface area contributed by atoms with Crippen LogP contribution in [0.4, 0.5) is 16.2 Å². The highest BCUT2D eigenvalue weighted by atomic mass is 16.2. The van der Waals surface area contributed by atoms with Gasteiger partial charge in [-0.15, -0.1) is 0 Å². The van der Waals surface area contributed by atoms with Crippen LogP contribution < -0.4 is 10.2 Å². The van der Waals surface area contributed by atoms with Crippen molar-refractivity contribution in [1.82, 2.24) is 4.98 Å². The van der Waals surface area contributed by atoms with E-state index in [0.717, 1.165) is 28.9 Å². The van der Waals surface area contributed by atoms with Gasteiger partial charge in [-0.3, -0.25) is 9.88 Å². The van der Waals surface area contributed by atoms with Crippen molar-refractivity contribution in [2.45, 2.75) is 13.3 Å². The third kappa shape index (κ3) is 3.11. The molecule has 2 heterocycles. The molecule has 1 N–H and O–H groups in total. The standard InChI is InChI=1S/C21H19N3O/c1-15-2-5-19(6-3-15)23-21(25)24-13-10-18-14-17(4-7-20(18)24)16-8-11-22-12-9-16/h2-9,11-12,14H,10,13H2,1H3,(H,23,25). The number of urea groups is 1. The molecule has 3 aromatic rings. The Morgan fingerprint density at radius 3 is 2.52 bits per heavy atom. The summed E-state index contributed by atoms with van der Waals surface area (Å²) in [7, 11) is 0. The molecule has 4 rings (SSSR count). The Balaban J connectivity index is 1.55. The van der Waals surface area contributed by atoms with Crippen LogP contribution in [-0.2, 0) is 6.42 Å². The summed E-state index contributed by atoms with van der Waals surface area (Å²) in [6.45, 7) is 2.73. The summed E-state index contributed by atoms with van der Waals surface area (Å²) in [5, 5.41) is 2.98. The van der Waals surface area contributed by atoms with Crippen molar-refractivity contribution < 1.29 is 4.79 Å². The second-order valence-corrected chi connectivity index (χ2v) is 6.28. The van der Waals surface area contributed by atoms with Crippen LogP contribution in [0.15, 0.2) is 67.0 Å². The average Bonchev–Trinajstić information content (AvgIpc) is 3.07. The number of carbonyl (C=O) groups is 1. The molecule has 25 heavy (non-hydrogen) atoms. The molecular formula is C21H19N3O. The van der Waals surface area contributed by atoms with Crippen LogP contribution in [0.5, 0.6) is 0 Å². The predicted molar refractivity (Wildman–Crippen MR) is 101 cm³/mol. The van der Waals surface area contributed by atoms with E-state index in [1.807, 2.05) is 54.3 Å². The minimum Gasteiger partial charge on any atom is -0.308 e. The van der Waals surface area contributed by atoms with Gasteiger partial charge in [-0.25, -0.2) is 4.79 Å². The molecule has 0 saturated carbocycles. The van der Waals surface area contributed by atoms with Crippen LogP contribution >= 0.6 is 0 Å². The molecule has 124 valence electrons. The zero-order chi connectivity index (χ0) is 17.2. The lowest BCUT2D eigenvalue weighted by atomic mass is 10.0. The minimum absolute atomic E-state index is 0.0840. The lowest BCUT2D eigenvalue weighted by Gasteiger charge is -2.18. The molecule has 0 saturated heterocycles. The Hall–Kier alpha value is -3.14. The average molecular weight is 329 g/mol. The van der Waals surface area contributed by atoms with Gasteiger partial charge in [0.05, 0.1) is 0 Å². The number of nitrogens with zero attached hydrogens (tertiary/aromatic N) is 2. The molecular weight excluding hydrogens is 310 g/mol. The summed E-state index contributed by atoms with van der Waals surface area (Å²) in [6.07, 6.45) is 4.46. The van der Waals surface area contributed by atoms with Gasteiger partial charge in [-0.1, -0.05) is 23.8 Å². The number of fused-ring (bicyclic) bond motifs is 1. The molecule has 0 fully saturated rings. The number of aromatic nitrogens is 1. The summed E-state index contributed by atoms with van der Waals surface area (Å²) in [4.78, 5) is 18.5. The van der Waals surface area contributed by atoms with E-state index in [0.29, 0.717) is 6.54 Å². The van der Waals surface area contributed by atoms with Gasteiger partial charge in [0.25, 0.3) is 0 Å². The van der Waals surface area contributed by atoms with Gasteiger partial charge in [0.15, 0.2) is 0 Å². The number of aryl methyl sites for hydroxylation is 1. The molecule has 1 aromatic heterocycles. The normalized spacial score (nSPS) is 12.8. The molecule has 2 amide bonds. The summed E-state index contributed by atoms with van der Waals surface area (Å²) >= 11 is 0. The Kier molecular flexibility index (Phi) is 3.94. The van der Waals surface area contributed by atoms with Gasteiger partial charge in [0, 0.05) is 30.3 Å². The fourth-order valence-corrected chi connectivity index (χ4v) is 3.16. The van der Waals surface area contributed by atoms with Crippen LogP contribution in [0.1, 0.15) is 11.1 Å². The topological polar surface area (TPSA) is 45.2 Å². The number of hydrogen-bond acceptors (Lipinski definition) is 2. The van der Waals surface area contributed by atoms with Crippen molar-refractivity contribution >= 4 is 17.4 Å². The number of pyridine rings is 1. The number of carbonyl (C=O) groups excluding carboxylic acids is 1. The Morgan fingerprint density at radius 1 is 1.00 bits per heavy atom. The molecule has 2 aromatic carbocycles. The SMILES string of the molecule is Cc1ccc(NC(=O)N2CCc3cc(-c4ccncc4)ccc32)cc1. The predicted octanol–water partition coefficient (Wildman–Crippen LogP) is 4.65. The monoisotopic (exact) mass is 329 g/mol. The minimum atomic E-state index is -0.0840. The highest BCUT2D eigenvalue weighted by Gasteiger charge is 2.25. The van der Waals surface area contributed by atoms with Gasteiger partial charge >= 0.3 is 6.03 Å². The Bertz CT molecular complexity index is 904. The fourth-order valence-electron chi connectivity index (χ4n) is 3.16. The first kappa shape index (κ1) is 15.4. The molecule has 0 radical (unpaired) electrons. The van der Waals surface area contributed by atoms with E-state index in [4.69, 9.17) is 0 Å². The van der Waals surface area contributed by atoms with Crippen molar-refractivity contribution in [3.63, 3.8) is 0 Å². The van der Waals surface area contributed by atoms with Crippen molar-refractivity contribution in [2.75, 3.05) is 16.8 Å². The van der Waals surface area contributed by atoms with E-state index >= 15 is 0 Å². The van der Waals surface area contributed by atoms with E-state index in [-0.39, 0.29) is 6.03 Å². The summed E-state index contributed by atoms with van der Waals surface area (Å²) in [5.41, 5.74) is 6.48. The number of amides is 2. The van der Waals surface area contributed by atoms with E-state index in [2.05, 4.69) is 22.4 Å². The van der Waals surface area contributed by atoms with Crippen molar-refractivity contribution in [1.29, 1.82) is 0 Å². The van der Waals surface area contributed by atoms with E-state index < -0.39 is 0 Å². The van der Waals surface area contributed by atoms with Crippen LogP contribution in [0, 0.1) is 6.92 Å². The van der Waals surface area contributed by atoms with Crippen molar-refractivity contribution in [3.8, 4) is 11.1 Å². The molecule has 4 heteroatoms. The maximum Gasteiger partial charge on any atom is 0.326 e. The quantitative estimate of drug-likeness (QED) is 0.744. The number of hydrogen-bond donors (Lipinski definition) is 1. The highest BCUT2D eigenvalue weighted by Crippen LogP contribution is 2.32. The van der Waals surface area contributed by atoms with Crippen molar-refractivity contribution in [3.05, 3.63) is 78.1 Å². The van der Waals surface area contributed by atoms with E-state index in [9.17, 15) is 4.79 Å². The van der Waals surface area contributed by atoms with Crippen LogP contribution in [0.25, 0.3) is 11.1 Å². The van der Waals surface area contributed by atoms with Gasteiger partial charge in [0.2, 0.25) is 0 Å². The first-order chi connectivity index (χ1) is 12.2.